The number of sulfone groups is 1. The number of carbonyl (C=O) groups excluding carboxylic acids is 5. The molecule has 0 aromatic carbocycles. The van der Waals surface area contributed by atoms with Gasteiger partial charge in [-0.15, -0.1) is 0 Å². The number of amides is 5. The highest BCUT2D eigenvalue weighted by Gasteiger charge is 2.69. The third-order valence-corrected chi connectivity index (χ3v) is 15.0. The van der Waals surface area contributed by atoms with Gasteiger partial charge in [0.25, 0.3) is 5.91 Å². The lowest BCUT2D eigenvalue weighted by Gasteiger charge is -2.40. The third kappa shape index (κ3) is 8.84. The molecule has 5 atom stereocenters. The Morgan fingerprint density at radius 1 is 0.840 bits per heavy atom. The van der Waals surface area contributed by atoms with Crippen molar-refractivity contribution in [2.45, 2.75) is 172 Å². The summed E-state index contributed by atoms with van der Waals surface area (Å²) < 4.78 is 25.7. The molecular weight excluding hydrogens is 659 g/mol. The van der Waals surface area contributed by atoms with Gasteiger partial charge < -0.3 is 26.2 Å². The fourth-order valence-corrected chi connectivity index (χ4v) is 10.1. The van der Waals surface area contributed by atoms with E-state index in [9.17, 15) is 32.4 Å². The van der Waals surface area contributed by atoms with Gasteiger partial charge in [0.05, 0.1) is 22.1 Å². The van der Waals surface area contributed by atoms with Gasteiger partial charge in [0.1, 0.15) is 12.1 Å². The van der Waals surface area contributed by atoms with Gasteiger partial charge >= 0.3 is 6.03 Å². The van der Waals surface area contributed by atoms with Crippen LogP contribution in [0.25, 0.3) is 0 Å². The highest BCUT2D eigenvalue weighted by molar-refractivity contribution is 7.92. The van der Waals surface area contributed by atoms with Crippen LogP contribution in [0.3, 0.4) is 0 Å². The maximum Gasteiger partial charge on any atom is 0.315 e. The van der Waals surface area contributed by atoms with Crippen molar-refractivity contribution in [1.29, 1.82) is 0 Å². The van der Waals surface area contributed by atoms with E-state index in [2.05, 4.69) is 35.1 Å². The highest BCUT2D eigenvalue weighted by Crippen LogP contribution is 2.65. The molecule has 50 heavy (non-hydrogen) atoms. The Bertz CT molecular complexity index is 1410. The molecule has 0 unspecified atom stereocenters. The zero-order valence-electron chi connectivity index (χ0n) is 30.9. The Morgan fingerprint density at radius 2 is 1.42 bits per heavy atom. The zero-order chi connectivity index (χ0) is 36.5. The van der Waals surface area contributed by atoms with E-state index in [1.807, 2.05) is 0 Å². The number of piperidine rings is 1. The van der Waals surface area contributed by atoms with Crippen LogP contribution in [-0.2, 0) is 29.0 Å². The molecule has 0 bridgehead atoms. The van der Waals surface area contributed by atoms with Crippen LogP contribution in [0, 0.1) is 17.3 Å². The number of Topliss-reactive ketones (excluding diaryl/α,β-unsaturated/α-hetero) is 1. The van der Waals surface area contributed by atoms with Gasteiger partial charge in [0, 0.05) is 12.6 Å². The van der Waals surface area contributed by atoms with Gasteiger partial charge in [-0.25, -0.2) is 13.2 Å². The summed E-state index contributed by atoms with van der Waals surface area (Å²) >= 11 is 0. The van der Waals surface area contributed by atoms with E-state index in [0.29, 0.717) is 38.6 Å². The van der Waals surface area contributed by atoms with Crippen LogP contribution in [0.1, 0.15) is 137 Å². The van der Waals surface area contributed by atoms with Crippen LogP contribution in [0.5, 0.6) is 0 Å². The number of fused-ring (bicyclic) bond motifs is 3. The van der Waals surface area contributed by atoms with Crippen molar-refractivity contribution in [2.24, 2.45) is 17.3 Å². The molecule has 0 aromatic heterocycles. The Balaban J connectivity index is 1.36. The second kappa shape index (κ2) is 15.1. The third-order valence-electron chi connectivity index (χ3n) is 12.2. The van der Waals surface area contributed by atoms with Crippen molar-refractivity contribution in [1.82, 2.24) is 26.2 Å². The smallest absolute Gasteiger partial charge is 0.315 e. The number of hydrogen-bond donors (Lipinski definition) is 4. The molecule has 3 aliphatic carbocycles. The zero-order valence-corrected chi connectivity index (χ0v) is 31.7. The first kappa shape index (κ1) is 38.5. The number of carbonyl (C=O) groups is 5. The highest BCUT2D eigenvalue weighted by atomic mass is 32.2. The van der Waals surface area contributed by atoms with E-state index < -0.39 is 61.9 Å². The average Bonchev–Trinajstić information content (AvgIpc) is 3.88. The largest absolute Gasteiger partial charge is 0.347 e. The molecule has 0 radical (unpaired) electrons. The predicted octanol–water partition coefficient (Wildman–Crippen LogP) is 3.91. The van der Waals surface area contributed by atoms with Crippen LogP contribution in [0.4, 0.5) is 4.79 Å². The van der Waals surface area contributed by atoms with Gasteiger partial charge in [-0.3, -0.25) is 19.2 Å². The van der Waals surface area contributed by atoms with Crippen LogP contribution in [0.2, 0.25) is 0 Å². The molecule has 2 aliphatic heterocycles. The molecular formula is C37H61N5O7S. The minimum Gasteiger partial charge on any atom is -0.347 e. The van der Waals surface area contributed by atoms with Crippen LogP contribution < -0.4 is 21.3 Å². The number of rotatable bonds is 7. The molecule has 13 heteroatoms. The summed E-state index contributed by atoms with van der Waals surface area (Å²) in [7, 11) is -3.54. The Morgan fingerprint density at radius 3 is 2.02 bits per heavy atom. The molecule has 5 fully saturated rings. The normalized spacial score (nSPS) is 30.7. The Hall–Kier alpha value is -2.70. The standard InChI is InChI=1S/C37H61N5O7S/c1-35(2,3)50(48,49)23-37(20-14-11-15-21-37)41-34(47)40-27-17-13-10-8-6-7-9-12-16-26(30(43)32(45)38-24-18-19-24)39-31(44)29-28-25(36(28,4)5)22-42(29)33(27)46/h24-29H,6-23H2,1-5H3,(H,38,45)(H,39,44)(H2,40,41,47)/t25-,26+,27+,28-,29-/m0/s1. The van der Waals surface area contributed by atoms with Crippen molar-refractivity contribution >= 4 is 39.4 Å². The first-order chi connectivity index (χ1) is 23.5. The number of nitrogens with zero attached hydrogens (tertiary/aromatic N) is 1. The summed E-state index contributed by atoms with van der Waals surface area (Å²) in [5, 5.41) is 11.6. The summed E-state index contributed by atoms with van der Waals surface area (Å²) in [5.74, 6) is -2.26. The summed E-state index contributed by atoms with van der Waals surface area (Å²) in [6.45, 7) is 9.55. The van der Waals surface area contributed by atoms with Crippen LogP contribution in [0.15, 0.2) is 0 Å². The van der Waals surface area contributed by atoms with Gasteiger partial charge in [0.2, 0.25) is 17.6 Å². The lowest BCUT2D eigenvalue weighted by atomic mass is 9.83. The van der Waals surface area contributed by atoms with E-state index >= 15 is 0 Å². The quantitative estimate of drug-likeness (QED) is 0.289. The molecule has 0 spiro atoms. The van der Waals surface area contributed by atoms with Gasteiger partial charge in [-0.2, -0.15) is 0 Å². The number of hydrogen-bond acceptors (Lipinski definition) is 7. The summed E-state index contributed by atoms with van der Waals surface area (Å²) in [5.41, 5.74) is -1.10. The number of urea groups is 1. The summed E-state index contributed by atoms with van der Waals surface area (Å²) in [4.78, 5) is 70.1. The van der Waals surface area contributed by atoms with Crippen LogP contribution >= 0.6 is 0 Å². The van der Waals surface area contributed by atoms with E-state index in [4.69, 9.17) is 0 Å². The van der Waals surface area contributed by atoms with E-state index in [1.165, 1.54) is 0 Å². The molecule has 12 nitrogen and oxygen atoms in total. The van der Waals surface area contributed by atoms with E-state index in [0.717, 1.165) is 70.6 Å². The van der Waals surface area contributed by atoms with Crippen molar-refractivity contribution in [2.75, 3.05) is 12.3 Å². The Labute approximate surface area is 298 Å². The lowest BCUT2D eigenvalue weighted by molar-refractivity contribution is -0.144. The monoisotopic (exact) mass is 719 g/mol. The second-order valence-corrected chi connectivity index (χ2v) is 20.2. The topological polar surface area (TPSA) is 171 Å². The van der Waals surface area contributed by atoms with Gasteiger partial charge in [-0.05, 0) is 76.5 Å². The molecule has 4 N–H and O–H groups in total. The average molecular weight is 720 g/mol. The molecule has 5 aliphatic rings. The molecule has 3 saturated carbocycles. The van der Waals surface area contributed by atoms with Crippen molar-refractivity contribution < 1.29 is 32.4 Å². The predicted molar refractivity (Wildman–Crippen MR) is 191 cm³/mol. The molecule has 0 aromatic rings. The fraction of sp³-hybridized carbons (Fsp3) is 0.865. The van der Waals surface area contributed by atoms with E-state index in [-0.39, 0.29) is 35.0 Å². The SMILES string of the molecule is CC1(C)[C@@H]2[C@H]3C(=O)N[C@@H](C(=O)C(=O)NC4CC4)CCCCCCCCC[C@@H](NC(=O)NC4(CS(=O)(=O)C(C)(C)C)CCCCC4)C(=O)N3C[C@@H]21. The molecule has 2 saturated heterocycles. The van der Waals surface area contributed by atoms with Crippen molar-refractivity contribution in [3.63, 3.8) is 0 Å². The maximum atomic E-state index is 14.4. The lowest BCUT2D eigenvalue weighted by Crippen LogP contribution is -2.62. The first-order valence-electron chi connectivity index (χ1n) is 19.2. The summed E-state index contributed by atoms with van der Waals surface area (Å²) in [6, 6.07) is -3.25. The number of ketones is 1. The molecule has 282 valence electrons. The van der Waals surface area contributed by atoms with E-state index in [1.54, 1.807) is 25.7 Å². The summed E-state index contributed by atoms with van der Waals surface area (Å²) in [6.07, 6.45) is 12.2. The fourth-order valence-electron chi connectivity index (χ4n) is 8.57. The van der Waals surface area contributed by atoms with Crippen molar-refractivity contribution in [3.8, 4) is 0 Å². The molecule has 5 amide bonds. The second-order valence-electron chi connectivity index (χ2n) is 17.5. The van der Waals surface area contributed by atoms with Crippen LogP contribution in [-0.4, -0.2) is 89.6 Å². The van der Waals surface area contributed by atoms with Gasteiger partial charge in [-0.1, -0.05) is 78.1 Å². The first-order valence-corrected chi connectivity index (χ1v) is 20.9. The number of nitrogens with one attached hydrogen (secondary N) is 4. The Kier molecular flexibility index (Phi) is 11.6. The molecule has 5 rings (SSSR count). The molecule has 2 heterocycles. The maximum absolute atomic E-state index is 14.4. The van der Waals surface area contributed by atoms with Crippen molar-refractivity contribution in [3.05, 3.63) is 0 Å². The minimum absolute atomic E-state index is 0.0156. The van der Waals surface area contributed by atoms with Gasteiger partial charge in [0.15, 0.2) is 9.84 Å². The minimum atomic E-state index is -3.54.